The monoisotopic (exact) mass is 472 g/mol. The van der Waals surface area contributed by atoms with E-state index in [9.17, 15) is 4.79 Å². The van der Waals surface area contributed by atoms with E-state index in [2.05, 4.69) is 68.4 Å². The molecule has 0 aromatic heterocycles. The molecule has 0 aliphatic heterocycles. The molecule has 0 bridgehead atoms. The molecule has 0 radical (unpaired) electrons. The van der Waals surface area contributed by atoms with E-state index in [1.807, 2.05) is 0 Å². The molecular weight excluding hydrogens is 430 g/mol. The van der Waals surface area contributed by atoms with Crippen LogP contribution < -0.4 is 8.99 Å². The van der Waals surface area contributed by atoms with Crippen LogP contribution in [0.3, 0.4) is 0 Å². The van der Waals surface area contributed by atoms with Gasteiger partial charge in [0.1, 0.15) is 0 Å². The topological polar surface area (TPSA) is 29.1 Å². The Bertz CT molecular complexity index is 806. The van der Waals surface area contributed by atoms with Crippen LogP contribution in [0, 0.1) is 11.8 Å². The number of carbonyl (C=O) groups excluding carboxylic acids is 1. The number of amides is 1. The Morgan fingerprint density at radius 1 is 0.903 bits per heavy atom. The molecule has 1 amide bonds. The zero-order chi connectivity index (χ0) is 22.4. The quantitative estimate of drug-likeness (QED) is 0.501. The summed E-state index contributed by atoms with van der Waals surface area (Å²) in [5.74, 6) is 1.11. The Kier molecular flexibility index (Phi) is 9.43. The second-order valence-corrected chi connectivity index (χ2v) is 20.9. The van der Waals surface area contributed by atoms with Crippen molar-refractivity contribution >= 4 is 17.8 Å². The summed E-state index contributed by atoms with van der Waals surface area (Å²) in [5, 5.41) is 1.51. The zero-order valence-electron chi connectivity index (χ0n) is 20.4. The van der Waals surface area contributed by atoms with Crippen molar-refractivity contribution in [1.82, 2.24) is 3.80 Å². The van der Waals surface area contributed by atoms with Gasteiger partial charge in [-0.05, 0) is 0 Å². The molecular formula is C27H42NOSiTi. The molecule has 1 N–H and O–H groups in total. The van der Waals surface area contributed by atoms with E-state index in [1.165, 1.54) is 66.9 Å². The number of carbonyl (C=O) groups is 1. The molecule has 4 heteroatoms. The van der Waals surface area contributed by atoms with Gasteiger partial charge >= 0.3 is 199 Å². The fourth-order valence-corrected chi connectivity index (χ4v) is 18.3. The van der Waals surface area contributed by atoms with Gasteiger partial charge in [0, 0.05) is 0 Å². The third-order valence-electron chi connectivity index (χ3n) is 7.90. The molecule has 169 valence electrons. The van der Waals surface area contributed by atoms with Gasteiger partial charge in [0.25, 0.3) is 0 Å². The molecule has 0 saturated heterocycles. The Morgan fingerprint density at radius 3 is 1.97 bits per heavy atom. The minimum absolute atomic E-state index is 0.227. The summed E-state index contributed by atoms with van der Waals surface area (Å²) in [6.45, 7) is 10.5. The van der Waals surface area contributed by atoms with Crippen molar-refractivity contribution in [3.8, 4) is 0 Å². The van der Waals surface area contributed by atoms with Gasteiger partial charge < -0.3 is 0 Å². The van der Waals surface area contributed by atoms with Crippen molar-refractivity contribution in [2.45, 2.75) is 92.0 Å². The predicted octanol–water partition coefficient (Wildman–Crippen LogP) is 6.30. The summed E-state index contributed by atoms with van der Waals surface area (Å²) in [4.78, 5) is 13.7. The standard InChI is InChI=1S/C11H21NO.C9H13.C7H9Si.Ti/c12-11(13)10-8-6-4-2-1-3-5-7-9-10;1-6-5-7(2)9(4)8(6)3;1-8-7-5-3-2-4-6-7;/h10H,1-9H2,(H2,12,13);6H,1-4H3;2-6,8H,1H3;/q;;;+1/p-1. The molecule has 2 aliphatic rings. The maximum atomic E-state index is 13.7. The van der Waals surface area contributed by atoms with E-state index in [-0.39, 0.29) is 5.92 Å². The van der Waals surface area contributed by atoms with Gasteiger partial charge in [-0.3, -0.25) is 0 Å². The van der Waals surface area contributed by atoms with Crippen LogP contribution in [0.25, 0.3) is 0 Å². The maximum absolute atomic E-state index is 13.7. The average molecular weight is 473 g/mol. The van der Waals surface area contributed by atoms with E-state index >= 15 is 0 Å². The molecule has 1 fully saturated rings. The molecule has 2 aliphatic carbocycles. The second-order valence-electron chi connectivity index (χ2n) is 9.85. The first-order valence-electron chi connectivity index (χ1n) is 12.5. The zero-order valence-corrected chi connectivity index (χ0v) is 23.1. The predicted molar refractivity (Wildman–Crippen MR) is 133 cm³/mol. The first-order chi connectivity index (χ1) is 14.9. The third-order valence-corrected chi connectivity index (χ3v) is 20.6. The number of rotatable bonds is 5. The minimum atomic E-state index is -1.95. The first kappa shape index (κ1) is 24.7. The normalized spacial score (nSPS) is 22.4. The van der Waals surface area contributed by atoms with Gasteiger partial charge in [0.05, 0.1) is 0 Å². The summed E-state index contributed by atoms with van der Waals surface area (Å²) >= 11 is -1.95. The third kappa shape index (κ3) is 6.12. The number of nitrogens with one attached hydrogen (secondary N) is 1. The SMILES string of the molecule is CC1=C(C)C(C)[C]([Ti]([NH]C(=O)C2CCCCCCCCC2)[SiH](C)c2ccccc2)=C1C. The molecule has 2 atom stereocenters. The fraction of sp³-hybridized carbons (Fsp3) is 0.593. The van der Waals surface area contributed by atoms with Crippen LogP contribution in [-0.2, 0) is 22.2 Å². The molecule has 1 aromatic rings. The van der Waals surface area contributed by atoms with E-state index in [0.29, 0.717) is 11.8 Å². The summed E-state index contributed by atoms with van der Waals surface area (Å²) in [5.41, 5.74) is 4.47. The van der Waals surface area contributed by atoms with Crippen molar-refractivity contribution in [2.75, 3.05) is 0 Å². The Balaban J connectivity index is 1.85. The van der Waals surface area contributed by atoms with Gasteiger partial charge in [0.15, 0.2) is 0 Å². The van der Waals surface area contributed by atoms with Gasteiger partial charge in [-0.15, -0.1) is 0 Å². The number of hydrogen-bond acceptors (Lipinski definition) is 1. The van der Waals surface area contributed by atoms with Gasteiger partial charge in [0.2, 0.25) is 0 Å². The van der Waals surface area contributed by atoms with Crippen LogP contribution in [-0.4, -0.2) is 12.6 Å². The van der Waals surface area contributed by atoms with E-state index < -0.39 is 24.0 Å². The van der Waals surface area contributed by atoms with Crippen LogP contribution in [0.15, 0.2) is 50.9 Å². The van der Waals surface area contributed by atoms with E-state index in [0.717, 1.165) is 12.8 Å². The van der Waals surface area contributed by atoms with Crippen molar-refractivity contribution in [1.29, 1.82) is 0 Å². The summed E-state index contributed by atoms with van der Waals surface area (Å²) in [6.07, 6.45) is 11.3. The molecule has 1 saturated carbocycles. The van der Waals surface area contributed by atoms with Crippen molar-refractivity contribution in [2.24, 2.45) is 11.8 Å². The van der Waals surface area contributed by atoms with Crippen LogP contribution in [0.1, 0.15) is 85.5 Å². The molecule has 31 heavy (non-hydrogen) atoms. The number of allylic oxidation sites excluding steroid dienone is 4. The summed E-state index contributed by atoms with van der Waals surface area (Å²) < 4.78 is 5.46. The molecule has 1 aromatic carbocycles. The fourth-order valence-electron chi connectivity index (χ4n) is 5.42. The molecule has 2 nitrogen and oxygen atoms in total. The van der Waals surface area contributed by atoms with Gasteiger partial charge in [-0.25, -0.2) is 0 Å². The van der Waals surface area contributed by atoms with Crippen LogP contribution >= 0.6 is 0 Å². The van der Waals surface area contributed by atoms with Crippen LogP contribution in [0.4, 0.5) is 0 Å². The Labute approximate surface area is 197 Å². The van der Waals surface area contributed by atoms with E-state index in [1.54, 1.807) is 3.88 Å². The average Bonchev–Trinajstić information content (AvgIpc) is 2.98. The van der Waals surface area contributed by atoms with Gasteiger partial charge in [-0.2, -0.15) is 0 Å². The second kappa shape index (κ2) is 11.8. The molecule has 0 spiro atoms. The molecule has 2 unspecified atom stereocenters. The summed E-state index contributed by atoms with van der Waals surface area (Å²) in [6, 6.07) is 11.1. The first-order valence-corrected chi connectivity index (χ1v) is 19.1. The van der Waals surface area contributed by atoms with Crippen LogP contribution in [0.5, 0.6) is 0 Å². The Hall–Kier alpha value is -0.899. The van der Waals surface area contributed by atoms with Gasteiger partial charge in [-0.1, -0.05) is 0 Å². The Morgan fingerprint density at radius 2 is 1.45 bits per heavy atom. The van der Waals surface area contributed by atoms with E-state index in [4.69, 9.17) is 0 Å². The van der Waals surface area contributed by atoms with Crippen molar-refractivity contribution < 1.29 is 22.2 Å². The number of hydrogen-bond donors (Lipinski definition) is 1. The van der Waals surface area contributed by atoms with Crippen molar-refractivity contribution in [3.63, 3.8) is 0 Å². The summed E-state index contributed by atoms with van der Waals surface area (Å²) in [7, 11) is 0. The molecule has 0 heterocycles. The number of benzene rings is 1. The van der Waals surface area contributed by atoms with Crippen molar-refractivity contribution in [3.05, 3.63) is 50.9 Å². The molecule has 3 rings (SSSR count). The van der Waals surface area contributed by atoms with Crippen LogP contribution in [0.2, 0.25) is 6.55 Å².